The van der Waals surface area contributed by atoms with Crippen LogP contribution >= 0.6 is 11.6 Å². The van der Waals surface area contributed by atoms with Crippen molar-refractivity contribution < 1.29 is 4.39 Å². The maximum atomic E-state index is 13.1. The molecule has 0 aliphatic rings. The third-order valence-electron chi connectivity index (χ3n) is 2.92. The first-order chi connectivity index (χ1) is 9.97. The summed E-state index contributed by atoms with van der Waals surface area (Å²) in [7, 11) is 0. The first kappa shape index (κ1) is 15.5. The van der Waals surface area contributed by atoms with E-state index in [-0.39, 0.29) is 16.4 Å². The van der Waals surface area contributed by atoms with Crippen LogP contribution in [-0.4, -0.2) is 9.55 Å². The second-order valence-electron chi connectivity index (χ2n) is 5.23. The van der Waals surface area contributed by atoms with Gasteiger partial charge < -0.3 is 9.88 Å². The Morgan fingerprint density at radius 1 is 1.43 bits per heavy atom. The highest BCUT2D eigenvalue weighted by atomic mass is 35.5. The number of halogens is 2. The molecule has 0 bridgehead atoms. The fourth-order valence-electron chi connectivity index (χ4n) is 1.94. The second-order valence-corrected chi connectivity index (χ2v) is 5.64. The summed E-state index contributed by atoms with van der Waals surface area (Å²) in [6, 6.07) is 4.44. The maximum Gasteiger partial charge on any atom is 0.293 e. The third kappa shape index (κ3) is 4.04. The van der Waals surface area contributed by atoms with Crippen LogP contribution in [-0.2, 0) is 13.1 Å². The van der Waals surface area contributed by atoms with Gasteiger partial charge in [0.15, 0.2) is 5.82 Å². The number of nitrogens with one attached hydrogen (secondary N) is 1. The molecule has 0 unspecified atom stereocenters. The minimum Gasteiger partial charge on any atom is -0.361 e. The zero-order valence-corrected chi connectivity index (χ0v) is 12.7. The van der Waals surface area contributed by atoms with Crippen molar-refractivity contribution >= 4 is 17.4 Å². The van der Waals surface area contributed by atoms with Crippen molar-refractivity contribution in [2.75, 3.05) is 5.32 Å². The van der Waals surface area contributed by atoms with Crippen LogP contribution in [0.1, 0.15) is 19.4 Å². The van der Waals surface area contributed by atoms with E-state index in [2.05, 4.69) is 10.3 Å². The van der Waals surface area contributed by atoms with Crippen LogP contribution < -0.4 is 10.9 Å². The predicted molar refractivity (Wildman–Crippen MR) is 82.1 cm³/mol. The molecule has 0 aliphatic carbocycles. The van der Waals surface area contributed by atoms with E-state index < -0.39 is 5.82 Å². The van der Waals surface area contributed by atoms with E-state index in [1.54, 1.807) is 23.0 Å². The molecule has 0 spiro atoms. The fourth-order valence-corrected chi connectivity index (χ4v) is 2.14. The number of anilines is 1. The maximum absolute atomic E-state index is 13.1. The van der Waals surface area contributed by atoms with Crippen molar-refractivity contribution in [3.8, 4) is 0 Å². The molecule has 0 aliphatic heterocycles. The molecule has 1 aromatic heterocycles. The molecule has 112 valence electrons. The van der Waals surface area contributed by atoms with Gasteiger partial charge in [-0.3, -0.25) is 4.79 Å². The smallest absolute Gasteiger partial charge is 0.293 e. The summed E-state index contributed by atoms with van der Waals surface area (Å²) < 4.78 is 14.7. The molecule has 0 amide bonds. The molecule has 6 heteroatoms. The summed E-state index contributed by atoms with van der Waals surface area (Å²) in [6.07, 6.45) is 3.26. The highest BCUT2D eigenvalue weighted by molar-refractivity contribution is 6.30. The number of aromatic nitrogens is 2. The number of benzene rings is 1. The third-order valence-corrected chi connectivity index (χ3v) is 3.21. The van der Waals surface area contributed by atoms with Crippen molar-refractivity contribution in [3.05, 3.63) is 57.3 Å². The highest BCUT2D eigenvalue weighted by Gasteiger charge is 2.07. The highest BCUT2D eigenvalue weighted by Crippen LogP contribution is 2.16. The fraction of sp³-hybridized carbons (Fsp3) is 0.333. The van der Waals surface area contributed by atoms with E-state index in [9.17, 15) is 9.18 Å². The Bertz CT molecular complexity index is 685. The summed E-state index contributed by atoms with van der Waals surface area (Å²) in [5.41, 5.74) is 0.612. The van der Waals surface area contributed by atoms with E-state index in [1.165, 1.54) is 12.1 Å². The Kier molecular flexibility index (Phi) is 4.96. The van der Waals surface area contributed by atoms with Crippen LogP contribution in [0, 0.1) is 11.7 Å². The first-order valence-electron chi connectivity index (χ1n) is 6.70. The Morgan fingerprint density at radius 3 is 2.86 bits per heavy atom. The zero-order chi connectivity index (χ0) is 15.4. The van der Waals surface area contributed by atoms with Gasteiger partial charge in [0.05, 0.1) is 5.02 Å². The first-order valence-corrected chi connectivity index (χ1v) is 7.08. The molecule has 2 aromatic rings. The molecule has 0 atom stereocenters. The van der Waals surface area contributed by atoms with Gasteiger partial charge in [0.1, 0.15) is 5.82 Å². The molecule has 1 N–H and O–H groups in total. The number of hydrogen-bond acceptors (Lipinski definition) is 3. The van der Waals surface area contributed by atoms with Gasteiger partial charge in [-0.2, -0.15) is 0 Å². The molecule has 2 rings (SSSR count). The Balaban J connectivity index is 2.13. The van der Waals surface area contributed by atoms with Gasteiger partial charge in [-0.25, -0.2) is 9.37 Å². The van der Waals surface area contributed by atoms with Gasteiger partial charge >= 0.3 is 0 Å². The topological polar surface area (TPSA) is 46.9 Å². The van der Waals surface area contributed by atoms with Crippen molar-refractivity contribution in [2.24, 2.45) is 5.92 Å². The van der Waals surface area contributed by atoms with E-state index in [0.717, 1.165) is 5.56 Å². The van der Waals surface area contributed by atoms with Gasteiger partial charge in [-0.05, 0) is 23.6 Å². The Labute approximate surface area is 127 Å². The average molecular weight is 310 g/mol. The Hall–Kier alpha value is -1.88. The number of nitrogens with zero attached hydrogens (tertiary/aromatic N) is 2. The second kappa shape index (κ2) is 6.72. The summed E-state index contributed by atoms with van der Waals surface area (Å²) >= 11 is 5.73. The number of rotatable bonds is 5. The summed E-state index contributed by atoms with van der Waals surface area (Å²) in [4.78, 5) is 16.2. The molecule has 0 saturated heterocycles. The summed E-state index contributed by atoms with van der Waals surface area (Å²) in [5, 5.41) is 3.03. The van der Waals surface area contributed by atoms with Crippen molar-refractivity contribution in [1.29, 1.82) is 0 Å². The van der Waals surface area contributed by atoms with Crippen LogP contribution in [0.3, 0.4) is 0 Å². The van der Waals surface area contributed by atoms with Crippen molar-refractivity contribution in [2.45, 2.75) is 26.9 Å². The molecule has 4 nitrogen and oxygen atoms in total. The van der Waals surface area contributed by atoms with Gasteiger partial charge in [-0.1, -0.05) is 31.5 Å². The number of hydrogen-bond donors (Lipinski definition) is 1. The van der Waals surface area contributed by atoms with E-state index in [1.807, 2.05) is 13.8 Å². The van der Waals surface area contributed by atoms with Gasteiger partial charge in [-0.15, -0.1) is 0 Å². The predicted octanol–water partition coefficient (Wildman–Crippen LogP) is 3.30. The van der Waals surface area contributed by atoms with E-state index >= 15 is 0 Å². The normalized spacial score (nSPS) is 10.9. The monoisotopic (exact) mass is 309 g/mol. The lowest BCUT2D eigenvalue weighted by molar-refractivity contribution is 0.509. The molecule has 0 fully saturated rings. The lowest BCUT2D eigenvalue weighted by Gasteiger charge is -2.11. The lowest BCUT2D eigenvalue weighted by atomic mass is 10.2. The van der Waals surface area contributed by atoms with Gasteiger partial charge in [0.2, 0.25) is 0 Å². The van der Waals surface area contributed by atoms with Crippen LogP contribution in [0.15, 0.2) is 35.4 Å². The molecule has 0 saturated carbocycles. The zero-order valence-electron chi connectivity index (χ0n) is 11.9. The molecular formula is C15H17ClFN3O. The van der Waals surface area contributed by atoms with E-state index in [4.69, 9.17) is 11.6 Å². The molecule has 1 heterocycles. The van der Waals surface area contributed by atoms with Gasteiger partial charge in [0, 0.05) is 25.5 Å². The van der Waals surface area contributed by atoms with Crippen molar-refractivity contribution in [1.82, 2.24) is 9.55 Å². The molecule has 21 heavy (non-hydrogen) atoms. The Morgan fingerprint density at radius 2 is 2.19 bits per heavy atom. The standard InChI is InChI=1S/C15H17ClFN3O/c1-10(2)9-20-6-5-18-14(15(20)21)19-8-11-3-4-13(17)12(16)7-11/h3-7,10H,8-9H2,1-2H3,(H,18,19). The molecular weight excluding hydrogens is 293 g/mol. The van der Waals surface area contributed by atoms with E-state index in [0.29, 0.717) is 19.0 Å². The van der Waals surface area contributed by atoms with Crippen LogP contribution in [0.5, 0.6) is 0 Å². The van der Waals surface area contributed by atoms with Crippen LogP contribution in [0.4, 0.5) is 10.2 Å². The summed E-state index contributed by atoms with van der Waals surface area (Å²) in [5.74, 6) is 0.185. The minimum atomic E-state index is -0.461. The van der Waals surface area contributed by atoms with Crippen LogP contribution in [0.25, 0.3) is 0 Å². The van der Waals surface area contributed by atoms with Gasteiger partial charge in [0.25, 0.3) is 5.56 Å². The lowest BCUT2D eigenvalue weighted by Crippen LogP contribution is -2.25. The minimum absolute atomic E-state index is 0.0625. The van der Waals surface area contributed by atoms with Crippen LogP contribution in [0.2, 0.25) is 5.02 Å². The summed E-state index contributed by atoms with van der Waals surface area (Å²) in [6.45, 7) is 5.08. The quantitative estimate of drug-likeness (QED) is 0.922. The molecule has 1 aromatic carbocycles. The SMILES string of the molecule is CC(C)Cn1ccnc(NCc2ccc(F)c(Cl)c2)c1=O. The van der Waals surface area contributed by atoms with Crippen molar-refractivity contribution in [3.63, 3.8) is 0 Å². The largest absolute Gasteiger partial charge is 0.361 e. The molecule has 0 radical (unpaired) electrons. The average Bonchev–Trinajstić information content (AvgIpc) is 2.43.